The van der Waals surface area contributed by atoms with Crippen LogP contribution in [0.3, 0.4) is 0 Å². The van der Waals surface area contributed by atoms with Gasteiger partial charge in [0.25, 0.3) is 0 Å². The average Bonchev–Trinajstić information content (AvgIpc) is 2.60. The van der Waals surface area contributed by atoms with Gasteiger partial charge in [-0.05, 0) is 55.8 Å². The molecule has 0 aliphatic heterocycles. The smallest absolute Gasteiger partial charge is 0.238 e. The highest BCUT2D eigenvalue weighted by molar-refractivity contribution is 7.89. The lowest BCUT2D eigenvalue weighted by Crippen LogP contribution is -2.15. The van der Waals surface area contributed by atoms with E-state index in [9.17, 15) is 13.2 Å². The molecule has 0 unspecified atom stereocenters. The van der Waals surface area contributed by atoms with Crippen molar-refractivity contribution in [3.05, 3.63) is 48.5 Å². The topological polar surface area (TPSA) is 108 Å². The van der Waals surface area contributed by atoms with Crippen LogP contribution in [-0.2, 0) is 14.8 Å². The number of anilines is 1. The minimum Gasteiger partial charge on any atom is -0.494 e. The van der Waals surface area contributed by atoms with Gasteiger partial charge in [-0.25, -0.2) is 13.6 Å². The first-order chi connectivity index (χ1) is 12.4. The third kappa shape index (κ3) is 6.38. The van der Waals surface area contributed by atoms with Gasteiger partial charge < -0.3 is 14.8 Å². The molecule has 0 heterocycles. The molecule has 2 aromatic carbocycles. The Balaban J connectivity index is 1.75. The van der Waals surface area contributed by atoms with Gasteiger partial charge in [0.1, 0.15) is 11.5 Å². The molecule has 0 aliphatic rings. The van der Waals surface area contributed by atoms with Gasteiger partial charge in [-0.1, -0.05) is 6.07 Å². The minimum atomic E-state index is -3.80. The van der Waals surface area contributed by atoms with Crippen LogP contribution in [0, 0.1) is 0 Å². The molecular formula is C18H22N2O5S. The number of carbonyl (C=O) groups excluding carboxylic acids is 1. The summed E-state index contributed by atoms with van der Waals surface area (Å²) in [5.41, 5.74) is 0.383. The molecule has 0 bridgehead atoms. The predicted molar refractivity (Wildman–Crippen MR) is 98.8 cm³/mol. The molecule has 8 heteroatoms. The number of primary sulfonamides is 1. The lowest BCUT2D eigenvalue weighted by molar-refractivity contribution is -0.116. The fraction of sp³-hybridized carbons (Fsp3) is 0.278. The summed E-state index contributed by atoms with van der Waals surface area (Å²) in [7, 11) is -3.80. The van der Waals surface area contributed by atoms with Crippen molar-refractivity contribution in [2.24, 2.45) is 5.14 Å². The Hall–Kier alpha value is -2.58. The molecule has 0 saturated heterocycles. The number of hydrogen-bond donors (Lipinski definition) is 2. The van der Waals surface area contributed by atoms with E-state index in [1.807, 2.05) is 31.2 Å². The van der Waals surface area contributed by atoms with Crippen LogP contribution in [-0.4, -0.2) is 27.5 Å². The molecule has 0 aromatic heterocycles. The highest BCUT2D eigenvalue weighted by Crippen LogP contribution is 2.18. The summed E-state index contributed by atoms with van der Waals surface area (Å²) in [6, 6.07) is 13.1. The molecule has 26 heavy (non-hydrogen) atoms. The summed E-state index contributed by atoms with van der Waals surface area (Å²) in [5, 5.41) is 7.71. The van der Waals surface area contributed by atoms with Crippen LogP contribution in [0.2, 0.25) is 0 Å². The molecule has 2 rings (SSSR count). The van der Waals surface area contributed by atoms with Gasteiger partial charge in [-0.2, -0.15) is 0 Å². The number of benzene rings is 2. The van der Waals surface area contributed by atoms with Gasteiger partial charge in [0, 0.05) is 12.1 Å². The predicted octanol–water partition coefficient (Wildman–Crippen LogP) is 2.53. The van der Waals surface area contributed by atoms with Gasteiger partial charge in [-0.3, -0.25) is 4.79 Å². The Morgan fingerprint density at radius 1 is 1.08 bits per heavy atom. The molecule has 0 fully saturated rings. The van der Waals surface area contributed by atoms with E-state index in [2.05, 4.69) is 5.32 Å². The molecule has 0 aliphatic carbocycles. The van der Waals surface area contributed by atoms with Crippen LogP contribution < -0.4 is 19.9 Å². The Bertz CT molecular complexity index is 835. The maximum absolute atomic E-state index is 11.9. The molecular weight excluding hydrogens is 356 g/mol. The van der Waals surface area contributed by atoms with Crippen molar-refractivity contribution in [3.8, 4) is 11.5 Å². The van der Waals surface area contributed by atoms with Gasteiger partial charge in [0.05, 0.1) is 18.1 Å². The van der Waals surface area contributed by atoms with Gasteiger partial charge in [-0.15, -0.1) is 0 Å². The van der Waals surface area contributed by atoms with Crippen LogP contribution in [0.15, 0.2) is 53.4 Å². The Kier molecular flexibility index (Phi) is 6.99. The number of hydrogen-bond acceptors (Lipinski definition) is 5. The number of sulfonamides is 1. The van der Waals surface area contributed by atoms with Gasteiger partial charge in [0.15, 0.2) is 0 Å². The summed E-state index contributed by atoms with van der Waals surface area (Å²) >= 11 is 0. The summed E-state index contributed by atoms with van der Waals surface area (Å²) < 4.78 is 33.6. The molecule has 7 nitrogen and oxygen atoms in total. The molecule has 0 atom stereocenters. The standard InChI is InChI=1S/C18H22N2O5S/c1-2-24-15-8-10-16(11-9-15)25-12-4-7-18(21)20-14-5-3-6-17(13-14)26(19,22)23/h3,5-6,8-11,13H,2,4,7,12H2,1H3,(H,20,21)(H2,19,22,23). The highest BCUT2D eigenvalue weighted by atomic mass is 32.2. The van der Waals surface area contributed by atoms with E-state index in [4.69, 9.17) is 14.6 Å². The van der Waals surface area contributed by atoms with Crippen LogP contribution >= 0.6 is 0 Å². The van der Waals surface area contributed by atoms with E-state index < -0.39 is 10.0 Å². The first-order valence-electron chi connectivity index (χ1n) is 8.17. The van der Waals surface area contributed by atoms with Gasteiger partial charge >= 0.3 is 0 Å². The minimum absolute atomic E-state index is 0.0471. The number of nitrogens with one attached hydrogen (secondary N) is 1. The van der Waals surface area contributed by atoms with Crippen molar-refractivity contribution < 1.29 is 22.7 Å². The molecule has 3 N–H and O–H groups in total. The van der Waals surface area contributed by atoms with Crippen molar-refractivity contribution in [2.75, 3.05) is 18.5 Å². The number of amides is 1. The second-order valence-electron chi connectivity index (χ2n) is 5.48. The van der Waals surface area contributed by atoms with Crippen molar-refractivity contribution in [3.63, 3.8) is 0 Å². The lowest BCUT2D eigenvalue weighted by Gasteiger charge is -2.09. The zero-order valence-corrected chi connectivity index (χ0v) is 15.3. The number of rotatable bonds is 9. The number of ether oxygens (including phenoxy) is 2. The van der Waals surface area contributed by atoms with Crippen molar-refractivity contribution in [1.82, 2.24) is 0 Å². The van der Waals surface area contributed by atoms with Crippen molar-refractivity contribution >= 4 is 21.6 Å². The number of carbonyl (C=O) groups is 1. The van der Waals surface area contributed by atoms with Crippen LogP contribution in [0.1, 0.15) is 19.8 Å². The highest BCUT2D eigenvalue weighted by Gasteiger charge is 2.09. The quantitative estimate of drug-likeness (QED) is 0.652. The van der Waals surface area contributed by atoms with Crippen LogP contribution in [0.25, 0.3) is 0 Å². The van der Waals surface area contributed by atoms with E-state index in [0.29, 0.717) is 31.1 Å². The fourth-order valence-electron chi connectivity index (χ4n) is 2.20. The summed E-state index contributed by atoms with van der Waals surface area (Å²) in [6.45, 7) is 2.91. The molecule has 0 spiro atoms. The first-order valence-corrected chi connectivity index (χ1v) is 9.71. The number of nitrogens with two attached hydrogens (primary N) is 1. The molecule has 0 radical (unpaired) electrons. The summed E-state index contributed by atoms with van der Waals surface area (Å²) in [4.78, 5) is 11.9. The molecule has 0 saturated carbocycles. The Labute approximate surface area is 153 Å². The zero-order valence-electron chi connectivity index (χ0n) is 14.5. The van der Waals surface area contributed by atoms with Crippen LogP contribution in [0.5, 0.6) is 11.5 Å². The molecule has 1 amide bonds. The summed E-state index contributed by atoms with van der Waals surface area (Å²) in [6.07, 6.45) is 0.768. The average molecular weight is 378 g/mol. The second kappa shape index (κ2) is 9.21. The third-order valence-corrected chi connectivity index (χ3v) is 4.31. The fourth-order valence-corrected chi connectivity index (χ4v) is 2.76. The van der Waals surface area contributed by atoms with Crippen molar-refractivity contribution in [2.45, 2.75) is 24.7 Å². The Morgan fingerprint density at radius 3 is 2.35 bits per heavy atom. The first kappa shape index (κ1) is 19.7. The van der Waals surface area contributed by atoms with E-state index in [1.54, 1.807) is 6.07 Å². The maximum atomic E-state index is 11.9. The van der Waals surface area contributed by atoms with E-state index >= 15 is 0 Å². The zero-order chi connectivity index (χ0) is 19.0. The maximum Gasteiger partial charge on any atom is 0.238 e. The van der Waals surface area contributed by atoms with Crippen LogP contribution in [0.4, 0.5) is 5.69 Å². The van der Waals surface area contributed by atoms with E-state index in [0.717, 1.165) is 5.75 Å². The molecule has 140 valence electrons. The Morgan fingerprint density at radius 2 is 1.73 bits per heavy atom. The van der Waals surface area contributed by atoms with Gasteiger partial charge in [0.2, 0.25) is 15.9 Å². The monoisotopic (exact) mass is 378 g/mol. The summed E-state index contributed by atoms with van der Waals surface area (Å²) in [5.74, 6) is 1.25. The lowest BCUT2D eigenvalue weighted by atomic mass is 10.2. The third-order valence-electron chi connectivity index (χ3n) is 3.40. The van der Waals surface area contributed by atoms with E-state index in [-0.39, 0.29) is 17.2 Å². The molecule has 2 aromatic rings. The van der Waals surface area contributed by atoms with Crippen molar-refractivity contribution in [1.29, 1.82) is 0 Å². The van der Waals surface area contributed by atoms with E-state index in [1.165, 1.54) is 18.2 Å². The largest absolute Gasteiger partial charge is 0.494 e. The normalized spacial score (nSPS) is 11.0. The second-order valence-corrected chi connectivity index (χ2v) is 7.04. The SMILES string of the molecule is CCOc1ccc(OCCCC(=O)Nc2cccc(S(N)(=O)=O)c2)cc1.